The summed E-state index contributed by atoms with van der Waals surface area (Å²) < 4.78 is 11.1. The zero-order chi connectivity index (χ0) is 15.9. The lowest BCUT2D eigenvalue weighted by atomic mass is 9.85. The van der Waals surface area contributed by atoms with Crippen LogP contribution in [-0.2, 0) is 20.9 Å². The molecule has 4 heteroatoms. The molecule has 0 N–H and O–H groups in total. The number of hydrogen-bond acceptors (Lipinski definition) is 3. The Morgan fingerprint density at radius 3 is 2.33 bits per heavy atom. The first kappa shape index (κ1) is 18.0. The van der Waals surface area contributed by atoms with E-state index < -0.39 is 5.41 Å². The molecular weight excluding hydrogens is 288 g/mol. The summed E-state index contributed by atoms with van der Waals surface area (Å²) >= 11 is 5.83. The van der Waals surface area contributed by atoms with E-state index in [-0.39, 0.29) is 18.7 Å². The normalized spacial score (nSPS) is 13.0. The topological polar surface area (TPSA) is 35.5 Å². The van der Waals surface area contributed by atoms with Crippen LogP contribution in [0.1, 0.15) is 46.1 Å². The van der Waals surface area contributed by atoms with Crippen LogP contribution in [0.25, 0.3) is 0 Å². The first-order chi connectivity index (χ1) is 9.91. The Morgan fingerprint density at radius 2 is 1.81 bits per heavy atom. The number of carbonyl (C=O) groups is 1. The Kier molecular flexibility index (Phi) is 7.20. The molecule has 21 heavy (non-hydrogen) atoms. The maximum Gasteiger partial charge on any atom is 0.311 e. The Bertz CT molecular complexity index is 438. The highest BCUT2D eigenvalue weighted by atomic mass is 35.5. The Balaban J connectivity index is 2.35. The van der Waals surface area contributed by atoms with Gasteiger partial charge >= 0.3 is 5.97 Å². The number of hydrogen-bond donors (Lipinski definition) is 0. The van der Waals surface area contributed by atoms with Crippen molar-refractivity contribution >= 4 is 17.6 Å². The van der Waals surface area contributed by atoms with E-state index in [1.54, 1.807) is 0 Å². The van der Waals surface area contributed by atoms with Crippen LogP contribution in [0.15, 0.2) is 24.3 Å². The summed E-state index contributed by atoms with van der Waals surface area (Å²) in [5.41, 5.74) is 0.653. The summed E-state index contributed by atoms with van der Waals surface area (Å²) in [7, 11) is 0. The predicted molar refractivity (Wildman–Crippen MR) is 85.4 cm³/mol. The van der Waals surface area contributed by atoms with Gasteiger partial charge in [0, 0.05) is 5.02 Å². The Hall–Kier alpha value is -1.06. The molecule has 0 amide bonds. The maximum absolute atomic E-state index is 12.1. The second kappa shape index (κ2) is 8.40. The highest BCUT2D eigenvalue weighted by Crippen LogP contribution is 2.27. The lowest BCUT2D eigenvalue weighted by Crippen LogP contribution is -2.31. The monoisotopic (exact) mass is 312 g/mol. The average molecular weight is 313 g/mol. The molecule has 0 saturated carbocycles. The van der Waals surface area contributed by atoms with Gasteiger partial charge in [0.1, 0.15) is 6.61 Å². The Morgan fingerprint density at radius 1 is 1.24 bits per heavy atom. The summed E-state index contributed by atoms with van der Waals surface area (Å²) in [6.07, 6.45) is 1.42. The van der Waals surface area contributed by atoms with E-state index in [1.165, 1.54) is 0 Å². The zero-order valence-electron chi connectivity index (χ0n) is 13.3. The first-order valence-electron chi connectivity index (χ1n) is 7.44. The number of ether oxygens (including phenoxy) is 2. The third-order valence-electron chi connectivity index (χ3n) is 3.95. The molecule has 1 atom stereocenters. The minimum Gasteiger partial charge on any atom is -0.463 e. The third-order valence-corrected chi connectivity index (χ3v) is 4.20. The maximum atomic E-state index is 12.1. The van der Waals surface area contributed by atoms with E-state index in [2.05, 4.69) is 0 Å². The third kappa shape index (κ3) is 5.68. The number of benzene rings is 1. The van der Waals surface area contributed by atoms with E-state index in [1.807, 2.05) is 52.0 Å². The molecule has 0 heterocycles. The molecule has 0 aliphatic rings. The lowest BCUT2D eigenvalue weighted by molar-refractivity contribution is -0.159. The van der Waals surface area contributed by atoms with Crippen molar-refractivity contribution in [3.63, 3.8) is 0 Å². The van der Waals surface area contributed by atoms with Crippen LogP contribution in [-0.4, -0.2) is 18.7 Å². The van der Waals surface area contributed by atoms with Gasteiger partial charge in [0.25, 0.3) is 0 Å². The highest BCUT2D eigenvalue weighted by molar-refractivity contribution is 6.30. The van der Waals surface area contributed by atoms with Crippen molar-refractivity contribution in [1.82, 2.24) is 0 Å². The van der Waals surface area contributed by atoms with Gasteiger partial charge in [-0.3, -0.25) is 4.79 Å². The van der Waals surface area contributed by atoms with Gasteiger partial charge in [-0.25, -0.2) is 0 Å². The fraction of sp³-hybridized carbons (Fsp3) is 0.588. The molecule has 0 fully saturated rings. The van der Waals surface area contributed by atoms with E-state index in [4.69, 9.17) is 21.1 Å². The van der Waals surface area contributed by atoms with Crippen molar-refractivity contribution in [2.75, 3.05) is 6.61 Å². The van der Waals surface area contributed by atoms with Gasteiger partial charge in [-0.15, -0.1) is 0 Å². The van der Waals surface area contributed by atoms with Crippen molar-refractivity contribution in [2.45, 2.75) is 53.2 Å². The van der Waals surface area contributed by atoms with Crippen molar-refractivity contribution in [2.24, 2.45) is 5.41 Å². The molecule has 1 rings (SSSR count). The van der Waals surface area contributed by atoms with Crippen LogP contribution < -0.4 is 0 Å². The molecule has 0 aliphatic carbocycles. The van der Waals surface area contributed by atoms with Crippen LogP contribution in [0.2, 0.25) is 5.02 Å². The van der Waals surface area contributed by atoms with Crippen molar-refractivity contribution in [3.8, 4) is 0 Å². The SMILES string of the molecule is CCC(C)(CC)C(=O)OCC(C)OCc1ccc(Cl)cc1. The zero-order valence-corrected chi connectivity index (χ0v) is 14.1. The van der Waals surface area contributed by atoms with Gasteiger partial charge in [0.2, 0.25) is 0 Å². The van der Waals surface area contributed by atoms with E-state index in [9.17, 15) is 4.79 Å². The molecule has 0 radical (unpaired) electrons. The van der Waals surface area contributed by atoms with Crippen LogP contribution in [0, 0.1) is 5.41 Å². The molecule has 0 aliphatic heterocycles. The Labute approximate surface area is 132 Å². The summed E-state index contributed by atoms with van der Waals surface area (Å²) in [6.45, 7) is 8.61. The number of esters is 1. The number of carbonyl (C=O) groups excluding carboxylic acids is 1. The minimum atomic E-state index is -0.393. The first-order valence-corrected chi connectivity index (χ1v) is 7.82. The van der Waals surface area contributed by atoms with Gasteiger partial charge in [-0.05, 0) is 44.4 Å². The molecule has 1 aromatic rings. The van der Waals surface area contributed by atoms with E-state index in [0.29, 0.717) is 11.6 Å². The van der Waals surface area contributed by atoms with Gasteiger partial charge in [0.05, 0.1) is 18.1 Å². The molecule has 1 aromatic carbocycles. The van der Waals surface area contributed by atoms with E-state index >= 15 is 0 Å². The smallest absolute Gasteiger partial charge is 0.311 e. The van der Waals surface area contributed by atoms with Gasteiger partial charge in [-0.1, -0.05) is 37.6 Å². The summed E-state index contributed by atoms with van der Waals surface area (Å²) in [5.74, 6) is -0.144. The second-order valence-corrected chi connectivity index (χ2v) is 6.05. The average Bonchev–Trinajstić information content (AvgIpc) is 2.51. The van der Waals surface area contributed by atoms with Crippen molar-refractivity contribution in [1.29, 1.82) is 0 Å². The number of halogens is 1. The van der Waals surface area contributed by atoms with Gasteiger partial charge in [-0.2, -0.15) is 0 Å². The fourth-order valence-corrected chi connectivity index (χ4v) is 1.90. The quantitative estimate of drug-likeness (QED) is 0.657. The molecule has 0 aromatic heterocycles. The van der Waals surface area contributed by atoms with Crippen molar-refractivity contribution < 1.29 is 14.3 Å². The van der Waals surface area contributed by atoms with Crippen LogP contribution in [0.3, 0.4) is 0 Å². The van der Waals surface area contributed by atoms with Crippen molar-refractivity contribution in [3.05, 3.63) is 34.9 Å². The lowest BCUT2D eigenvalue weighted by Gasteiger charge is -2.25. The van der Waals surface area contributed by atoms with E-state index in [0.717, 1.165) is 18.4 Å². The molecule has 0 bridgehead atoms. The van der Waals surface area contributed by atoms with Crippen LogP contribution in [0.4, 0.5) is 0 Å². The highest BCUT2D eigenvalue weighted by Gasteiger charge is 2.31. The molecule has 0 spiro atoms. The summed E-state index contributed by atoms with van der Waals surface area (Å²) in [4.78, 5) is 12.1. The largest absolute Gasteiger partial charge is 0.463 e. The summed E-state index contributed by atoms with van der Waals surface area (Å²) in [5, 5.41) is 0.708. The van der Waals surface area contributed by atoms with Gasteiger partial charge in [0.15, 0.2) is 0 Å². The van der Waals surface area contributed by atoms with Crippen LogP contribution in [0.5, 0.6) is 0 Å². The minimum absolute atomic E-state index is 0.136. The van der Waals surface area contributed by atoms with Gasteiger partial charge < -0.3 is 9.47 Å². The number of rotatable bonds is 8. The molecular formula is C17H25ClO3. The molecule has 0 saturated heterocycles. The molecule has 1 unspecified atom stereocenters. The second-order valence-electron chi connectivity index (χ2n) is 5.61. The van der Waals surface area contributed by atoms with Crippen LogP contribution >= 0.6 is 11.6 Å². The molecule has 118 valence electrons. The fourth-order valence-electron chi connectivity index (χ4n) is 1.77. The standard InChI is InChI=1S/C17H25ClO3/c1-5-17(4,6-2)16(19)21-11-13(3)20-12-14-7-9-15(18)10-8-14/h7-10,13H,5-6,11-12H2,1-4H3. The molecule has 3 nitrogen and oxygen atoms in total. The summed E-state index contributed by atoms with van der Waals surface area (Å²) in [6, 6.07) is 7.51. The predicted octanol–water partition coefficient (Wildman–Crippen LogP) is 4.61.